The van der Waals surface area contributed by atoms with Crippen molar-refractivity contribution in [1.82, 2.24) is 25.5 Å². The minimum atomic E-state index is -0.532. The van der Waals surface area contributed by atoms with Gasteiger partial charge in [-0.05, 0) is 38.1 Å². The Labute approximate surface area is 168 Å². The molecule has 29 heavy (non-hydrogen) atoms. The van der Waals surface area contributed by atoms with Crippen molar-refractivity contribution in [2.75, 3.05) is 18.4 Å². The van der Waals surface area contributed by atoms with Gasteiger partial charge in [-0.2, -0.15) is 10.5 Å². The number of aromatic amines is 1. The maximum Gasteiger partial charge on any atom is 0.410 e. The number of nitriles is 1. The van der Waals surface area contributed by atoms with Gasteiger partial charge in [0.2, 0.25) is 5.82 Å². The molecule has 1 fully saturated rings. The molecule has 1 aromatic heterocycles. The monoisotopic (exact) mass is 397 g/mol. The number of carbonyl (C=O) groups excluding carboxylic acids is 1. The summed E-state index contributed by atoms with van der Waals surface area (Å²) in [7, 11) is 0. The van der Waals surface area contributed by atoms with Crippen LogP contribution < -0.4 is 10.1 Å². The zero-order valence-electron chi connectivity index (χ0n) is 16.5. The first kappa shape index (κ1) is 20.1. The van der Waals surface area contributed by atoms with E-state index in [1.54, 1.807) is 4.90 Å². The molecule has 1 aliphatic heterocycles. The second-order valence-corrected chi connectivity index (χ2v) is 7.50. The lowest BCUT2D eigenvalue weighted by molar-refractivity contribution is 0.0276. The van der Waals surface area contributed by atoms with Crippen LogP contribution in [-0.2, 0) is 4.74 Å². The first-order valence-electron chi connectivity index (χ1n) is 9.20. The van der Waals surface area contributed by atoms with E-state index < -0.39 is 5.60 Å². The summed E-state index contributed by atoms with van der Waals surface area (Å²) < 4.78 is 11.5. The molecule has 1 unspecified atom stereocenters. The molecule has 1 aromatic carbocycles. The molecule has 1 atom stereocenters. The van der Waals surface area contributed by atoms with Gasteiger partial charge in [-0.15, -0.1) is 10.2 Å². The van der Waals surface area contributed by atoms with E-state index in [1.165, 1.54) is 6.20 Å². The predicted molar refractivity (Wildman–Crippen MR) is 105 cm³/mol. The van der Waals surface area contributed by atoms with Crippen molar-refractivity contribution in [1.29, 1.82) is 5.26 Å². The highest BCUT2D eigenvalue weighted by Gasteiger charge is 2.31. The molecule has 0 radical (unpaired) electrons. The summed E-state index contributed by atoms with van der Waals surface area (Å²) in [4.78, 5) is 13.9. The molecule has 2 aromatic rings. The third-order valence-electron chi connectivity index (χ3n) is 4.06. The molecule has 1 saturated heterocycles. The number of nitrogens with one attached hydrogen (secondary N) is 2. The van der Waals surface area contributed by atoms with Crippen molar-refractivity contribution < 1.29 is 14.3 Å². The van der Waals surface area contributed by atoms with Gasteiger partial charge in [-0.1, -0.05) is 12.1 Å². The molecule has 0 bridgehead atoms. The lowest BCUT2D eigenvalue weighted by Gasteiger charge is -2.24. The van der Waals surface area contributed by atoms with Crippen LogP contribution in [0.5, 0.6) is 5.75 Å². The SMILES string of the molecule is CC(C)(C)OC(=O)N1CCC(Oc2ccccc2NC=C(C#N)c2nn[nH]n2)C1. The number of hydrogen-bond acceptors (Lipinski definition) is 8. The molecule has 0 aliphatic carbocycles. The fraction of sp³-hybridized carbons (Fsp3) is 0.421. The van der Waals surface area contributed by atoms with Crippen LogP contribution in [0.15, 0.2) is 30.5 Å². The highest BCUT2D eigenvalue weighted by Crippen LogP contribution is 2.28. The van der Waals surface area contributed by atoms with Crippen molar-refractivity contribution in [2.24, 2.45) is 0 Å². The zero-order valence-corrected chi connectivity index (χ0v) is 16.5. The van der Waals surface area contributed by atoms with Crippen LogP contribution in [0.4, 0.5) is 10.5 Å². The molecule has 10 heteroatoms. The number of allylic oxidation sites excluding steroid dienone is 1. The van der Waals surface area contributed by atoms with Crippen LogP contribution in [0, 0.1) is 11.3 Å². The average molecular weight is 397 g/mol. The summed E-state index contributed by atoms with van der Waals surface area (Å²) in [6, 6.07) is 9.38. The Bertz CT molecular complexity index is 913. The van der Waals surface area contributed by atoms with Crippen LogP contribution in [0.2, 0.25) is 0 Å². The van der Waals surface area contributed by atoms with Crippen LogP contribution in [0.25, 0.3) is 5.57 Å². The first-order chi connectivity index (χ1) is 13.9. The van der Waals surface area contributed by atoms with Crippen LogP contribution in [0.1, 0.15) is 33.0 Å². The Kier molecular flexibility index (Phi) is 5.97. The van der Waals surface area contributed by atoms with E-state index >= 15 is 0 Å². The smallest absolute Gasteiger partial charge is 0.410 e. The number of rotatable bonds is 5. The van der Waals surface area contributed by atoms with Gasteiger partial charge in [-0.25, -0.2) is 4.79 Å². The van der Waals surface area contributed by atoms with Crippen molar-refractivity contribution in [3.05, 3.63) is 36.3 Å². The van der Waals surface area contributed by atoms with Crippen molar-refractivity contribution in [2.45, 2.75) is 38.9 Å². The van der Waals surface area contributed by atoms with Gasteiger partial charge in [0, 0.05) is 19.2 Å². The predicted octanol–water partition coefficient (Wildman–Crippen LogP) is 2.56. The number of benzene rings is 1. The Morgan fingerprint density at radius 1 is 1.41 bits per heavy atom. The summed E-state index contributed by atoms with van der Waals surface area (Å²) in [5.74, 6) is 0.812. The van der Waals surface area contributed by atoms with E-state index in [0.29, 0.717) is 30.9 Å². The van der Waals surface area contributed by atoms with E-state index in [1.807, 2.05) is 51.1 Å². The third kappa shape index (κ3) is 5.44. The quantitative estimate of drug-likeness (QED) is 0.737. The molecule has 1 aliphatic rings. The molecule has 152 valence electrons. The van der Waals surface area contributed by atoms with Crippen molar-refractivity contribution >= 4 is 17.4 Å². The number of para-hydroxylation sites is 2. The highest BCUT2D eigenvalue weighted by atomic mass is 16.6. The molecule has 0 saturated carbocycles. The van der Waals surface area contributed by atoms with Crippen LogP contribution in [-0.4, -0.2) is 56.4 Å². The van der Waals surface area contributed by atoms with E-state index in [0.717, 1.165) is 0 Å². The molecular weight excluding hydrogens is 374 g/mol. The fourth-order valence-corrected chi connectivity index (χ4v) is 2.76. The van der Waals surface area contributed by atoms with Crippen LogP contribution >= 0.6 is 0 Å². The van der Waals surface area contributed by atoms with E-state index in [2.05, 4.69) is 25.9 Å². The number of aromatic nitrogens is 4. The summed E-state index contributed by atoms with van der Waals surface area (Å²) in [5.41, 5.74) is 0.376. The Balaban J connectivity index is 1.64. The van der Waals surface area contributed by atoms with Gasteiger partial charge >= 0.3 is 6.09 Å². The largest absolute Gasteiger partial charge is 0.486 e. The number of ether oxygens (including phenoxy) is 2. The molecule has 2 heterocycles. The molecular formula is C19H23N7O3. The highest BCUT2D eigenvalue weighted by molar-refractivity contribution is 5.75. The van der Waals surface area contributed by atoms with Crippen LogP contribution in [0.3, 0.4) is 0 Å². The number of tetrazole rings is 1. The standard InChI is InChI=1S/C19H23N7O3/c1-19(2,3)29-18(27)26-9-8-14(12-26)28-16-7-5-4-6-15(16)21-11-13(10-20)17-22-24-25-23-17/h4-7,11,14,21H,8-9,12H2,1-3H3,(H,22,23,24,25). The lowest BCUT2D eigenvalue weighted by Crippen LogP contribution is -2.36. The number of anilines is 1. The first-order valence-corrected chi connectivity index (χ1v) is 9.20. The number of H-pyrrole nitrogens is 1. The van der Waals surface area contributed by atoms with Gasteiger partial charge in [0.15, 0.2) is 0 Å². The minimum absolute atomic E-state index is 0.151. The van der Waals surface area contributed by atoms with Gasteiger partial charge in [0.1, 0.15) is 29.1 Å². The maximum absolute atomic E-state index is 12.2. The fourth-order valence-electron chi connectivity index (χ4n) is 2.76. The molecule has 0 spiro atoms. The minimum Gasteiger partial charge on any atom is -0.486 e. The zero-order chi connectivity index (χ0) is 20.9. The molecule has 2 N–H and O–H groups in total. The lowest BCUT2D eigenvalue weighted by atomic mass is 10.2. The molecule has 1 amide bonds. The van der Waals surface area contributed by atoms with E-state index in [-0.39, 0.29) is 23.6 Å². The normalized spacial score (nSPS) is 17.0. The van der Waals surface area contributed by atoms with Crippen molar-refractivity contribution in [3.8, 4) is 11.8 Å². The second kappa shape index (κ2) is 8.60. The number of carbonyl (C=O) groups is 1. The summed E-state index contributed by atoms with van der Waals surface area (Å²) in [5, 5.41) is 25.7. The number of nitrogens with zero attached hydrogens (tertiary/aromatic N) is 5. The Hall–Kier alpha value is -3.61. The van der Waals surface area contributed by atoms with Gasteiger partial charge in [0.05, 0.1) is 12.2 Å². The van der Waals surface area contributed by atoms with Gasteiger partial charge in [-0.3, -0.25) is 0 Å². The summed E-state index contributed by atoms with van der Waals surface area (Å²) in [6.45, 7) is 6.55. The summed E-state index contributed by atoms with van der Waals surface area (Å²) >= 11 is 0. The van der Waals surface area contributed by atoms with Gasteiger partial charge in [0.25, 0.3) is 0 Å². The molecule has 3 rings (SSSR count). The molecule has 10 nitrogen and oxygen atoms in total. The average Bonchev–Trinajstić information content (AvgIpc) is 3.34. The van der Waals surface area contributed by atoms with E-state index in [9.17, 15) is 10.1 Å². The van der Waals surface area contributed by atoms with E-state index in [4.69, 9.17) is 9.47 Å². The second-order valence-electron chi connectivity index (χ2n) is 7.50. The maximum atomic E-state index is 12.2. The van der Waals surface area contributed by atoms with Crippen molar-refractivity contribution in [3.63, 3.8) is 0 Å². The Morgan fingerprint density at radius 3 is 2.90 bits per heavy atom. The number of likely N-dealkylation sites (tertiary alicyclic amines) is 1. The topological polar surface area (TPSA) is 129 Å². The third-order valence-corrected chi connectivity index (χ3v) is 4.06. The van der Waals surface area contributed by atoms with Gasteiger partial charge < -0.3 is 19.7 Å². The Morgan fingerprint density at radius 2 is 2.21 bits per heavy atom. The number of hydrogen-bond donors (Lipinski definition) is 2. The number of amides is 1. The summed E-state index contributed by atoms with van der Waals surface area (Å²) in [6.07, 6.45) is 1.71.